The zero-order chi connectivity index (χ0) is 14.3. The molecule has 1 saturated heterocycles. The Bertz CT molecular complexity index is 369. The van der Waals surface area contributed by atoms with Crippen molar-refractivity contribution in [2.75, 3.05) is 40.0 Å². The number of ether oxygens (including phenoxy) is 1. The molecule has 0 amide bonds. The fraction of sp³-hybridized carbons (Fsp3) is 0.800. The van der Waals surface area contributed by atoms with Gasteiger partial charge in [0.2, 0.25) is 0 Å². The molecule has 2 rings (SSSR count). The van der Waals surface area contributed by atoms with Gasteiger partial charge in [0.1, 0.15) is 0 Å². The lowest BCUT2D eigenvalue weighted by atomic mass is 9.78. The number of aryl methyl sites for hydroxylation is 1. The number of aliphatic hydroxyl groups excluding tert-OH is 1. The van der Waals surface area contributed by atoms with Crippen LogP contribution in [-0.2, 0) is 11.3 Å². The Morgan fingerprint density at radius 2 is 2.30 bits per heavy atom. The molecule has 1 N–H and O–H groups in total. The predicted molar refractivity (Wildman–Crippen MR) is 78.5 cm³/mol. The highest BCUT2D eigenvalue weighted by Crippen LogP contribution is 2.33. The van der Waals surface area contributed by atoms with Crippen LogP contribution in [-0.4, -0.2) is 59.5 Å². The van der Waals surface area contributed by atoms with Gasteiger partial charge in [0.15, 0.2) is 0 Å². The topological polar surface area (TPSA) is 50.5 Å². The molecule has 1 aliphatic rings. The van der Waals surface area contributed by atoms with Gasteiger partial charge < -0.3 is 19.3 Å². The molecule has 0 aliphatic carbocycles. The third-order valence-electron chi connectivity index (χ3n) is 4.36. The molecule has 1 aromatic rings. The van der Waals surface area contributed by atoms with Gasteiger partial charge in [-0.1, -0.05) is 0 Å². The minimum Gasteiger partial charge on any atom is -0.396 e. The van der Waals surface area contributed by atoms with E-state index in [1.54, 1.807) is 7.11 Å². The molecule has 1 unspecified atom stereocenters. The standard InChI is InChI=1S/C15H27N3O2/c1-20-11-5-15(13-19)4-2-7-17(12-15)8-3-9-18-10-6-16-14-18/h6,10,14,19H,2-5,7-9,11-13H2,1H3. The maximum absolute atomic E-state index is 9.77. The van der Waals surface area contributed by atoms with Crippen LogP contribution in [0.2, 0.25) is 0 Å². The number of hydrogen-bond donors (Lipinski definition) is 1. The fourth-order valence-corrected chi connectivity index (χ4v) is 3.13. The van der Waals surface area contributed by atoms with Crippen LogP contribution in [0.5, 0.6) is 0 Å². The molecule has 1 fully saturated rings. The Morgan fingerprint density at radius 3 is 3.00 bits per heavy atom. The summed E-state index contributed by atoms with van der Waals surface area (Å²) in [5.41, 5.74) is 0.0449. The first kappa shape index (κ1) is 15.5. The Kier molecular flexibility index (Phi) is 6.01. The maximum Gasteiger partial charge on any atom is 0.0945 e. The van der Waals surface area contributed by atoms with Gasteiger partial charge >= 0.3 is 0 Å². The normalized spacial score (nSPS) is 24.1. The Balaban J connectivity index is 1.77. The summed E-state index contributed by atoms with van der Waals surface area (Å²) >= 11 is 0. The predicted octanol–water partition coefficient (Wildman–Crippen LogP) is 1.38. The largest absolute Gasteiger partial charge is 0.396 e. The molecule has 0 saturated carbocycles. The van der Waals surface area contributed by atoms with Crippen molar-refractivity contribution in [2.24, 2.45) is 5.41 Å². The van der Waals surface area contributed by atoms with Crippen LogP contribution in [0.25, 0.3) is 0 Å². The number of imidazole rings is 1. The van der Waals surface area contributed by atoms with Crippen LogP contribution in [0, 0.1) is 5.41 Å². The molecular formula is C15H27N3O2. The number of methoxy groups -OCH3 is 1. The highest BCUT2D eigenvalue weighted by Gasteiger charge is 2.34. The summed E-state index contributed by atoms with van der Waals surface area (Å²) in [5, 5.41) is 9.77. The van der Waals surface area contributed by atoms with E-state index >= 15 is 0 Å². The first-order valence-electron chi connectivity index (χ1n) is 7.56. The second-order valence-electron chi connectivity index (χ2n) is 5.93. The van der Waals surface area contributed by atoms with Crippen molar-refractivity contribution in [2.45, 2.75) is 32.2 Å². The van der Waals surface area contributed by atoms with Gasteiger partial charge in [0, 0.05) is 44.6 Å². The summed E-state index contributed by atoms with van der Waals surface area (Å²) in [6, 6.07) is 0. The van der Waals surface area contributed by atoms with Gasteiger partial charge in [-0.15, -0.1) is 0 Å². The lowest BCUT2D eigenvalue weighted by Crippen LogP contribution is -2.46. The van der Waals surface area contributed by atoms with E-state index in [4.69, 9.17) is 4.74 Å². The summed E-state index contributed by atoms with van der Waals surface area (Å²) in [6.45, 7) is 5.26. The second kappa shape index (κ2) is 7.76. The van der Waals surface area contributed by atoms with Crippen molar-refractivity contribution in [3.63, 3.8) is 0 Å². The van der Waals surface area contributed by atoms with Crippen LogP contribution >= 0.6 is 0 Å². The van der Waals surface area contributed by atoms with E-state index in [2.05, 4.69) is 14.5 Å². The van der Waals surface area contributed by atoms with Crippen molar-refractivity contribution in [3.05, 3.63) is 18.7 Å². The molecule has 1 aromatic heterocycles. The van der Waals surface area contributed by atoms with E-state index < -0.39 is 0 Å². The Hall–Kier alpha value is -0.910. The van der Waals surface area contributed by atoms with Crippen molar-refractivity contribution in [1.29, 1.82) is 0 Å². The number of aromatic nitrogens is 2. The first-order valence-corrected chi connectivity index (χ1v) is 7.56. The highest BCUT2D eigenvalue weighted by molar-refractivity contribution is 4.87. The van der Waals surface area contributed by atoms with Gasteiger partial charge in [-0.25, -0.2) is 4.98 Å². The van der Waals surface area contributed by atoms with E-state index in [-0.39, 0.29) is 12.0 Å². The zero-order valence-corrected chi connectivity index (χ0v) is 12.5. The molecule has 5 nitrogen and oxygen atoms in total. The molecule has 0 aromatic carbocycles. The summed E-state index contributed by atoms with van der Waals surface area (Å²) in [4.78, 5) is 6.55. The van der Waals surface area contributed by atoms with Crippen molar-refractivity contribution < 1.29 is 9.84 Å². The summed E-state index contributed by atoms with van der Waals surface area (Å²) < 4.78 is 7.32. The number of nitrogens with zero attached hydrogens (tertiary/aromatic N) is 3. The SMILES string of the molecule is COCCC1(CO)CCCN(CCCn2ccnc2)C1. The van der Waals surface area contributed by atoms with Crippen LogP contribution in [0.15, 0.2) is 18.7 Å². The molecule has 2 heterocycles. The minimum absolute atomic E-state index is 0.0449. The van der Waals surface area contributed by atoms with Crippen LogP contribution in [0.1, 0.15) is 25.7 Å². The van der Waals surface area contributed by atoms with Gasteiger partial charge in [-0.2, -0.15) is 0 Å². The highest BCUT2D eigenvalue weighted by atomic mass is 16.5. The molecule has 0 bridgehead atoms. The van der Waals surface area contributed by atoms with E-state index in [1.807, 2.05) is 18.7 Å². The van der Waals surface area contributed by atoms with Gasteiger partial charge in [0.25, 0.3) is 0 Å². The van der Waals surface area contributed by atoms with Crippen molar-refractivity contribution in [1.82, 2.24) is 14.5 Å². The van der Waals surface area contributed by atoms with E-state index in [1.165, 1.54) is 6.42 Å². The fourth-order valence-electron chi connectivity index (χ4n) is 3.13. The molecule has 0 radical (unpaired) electrons. The van der Waals surface area contributed by atoms with Gasteiger partial charge in [0.05, 0.1) is 12.9 Å². The summed E-state index contributed by atoms with van der Waals surface area (Å²) in [7, 11) is 1.73. The van der Waals surface area contributed by atoms with Gasteiger partial charge in [-0.3, -0.25) is 0 Å². The Labute approximate surface area is 121 Å². The third-order valence-corrected chi connectivity index (χ3v) is 4.36. The number of hydrogen-bond acceptors (Lipinski definition) is 4. The van der Waals surface area contributed by atoms with E-state index in [0.717, 1.165) is 52.0 Å². The monoisotopic (exact) mass is 281 g/mol. The Morgan fingerprint density at radius 1 is 1.40 bits per heavy atom. The lowest BCUT2D eigenvalue weighted by Gasteiger charge is -2.42. The van der Waals surface area contributed by atoms with Crippen molar-refractivity contribution >= 4 is 0 Å². The molecule has 20 heavy (non-hydrogen) atoms. The molecule has 1 atom stereocenters. The number of piperidine rings is 1. The van der Waals surface area contributed by atoms with E-state index in [0.29, 0.717) is 0 Å². The number of likely N-dealkylation sites (tertiary alicyclic amines) is 1. The minimum atomic E-state index is 0.0449. The van der Waals surface area contributed by atoms with E-state index in [9.17, 15) is 5.11 Å². The first-order chi connectivity index (χ1) is 9.78. The summed E-state index contributed by atoms with van der Waals surface area (Å²) in [6.07, 6.45) is 10.1. The average Bonchev–Trinajstić information content (AvgIpc) is 2.99. The third kappa shape index (κ3) is 4.30. The van der Waals surface area contributed by atoms with Crippen LogP contribution in [0.3, 0.4) is 0 Å². The zero-order valence-electron chi connectivity index (χ0n) is 12.5. The maximum atomic E-state index is 9.77. The molecule has 5 heteroatoms. The van der Waals surface area contributed by atoms with Gasteiger partial charge in [-0.05, 0) is 38.8 Å². The molecular weight excluding hydrogens is 254 g/mol. The lowest BCUT2D eigenvalue weighted by molar-refractivity contribution is 0.00696. The van der Waals surface area contributed by atoms with Crippen LogP contribution in [0.4, 0.5) is 0 Å². The average molecular weight is 281 g/mol. The van der Waals surface area contributed by atoms with Crippen molar-refractivity contribution in [3.8, 4) is 0 Å². The molecule has 1 aliphatic heterocycles. The molecule has 0 spiro atoms. The summed E-state index contributed by atoms with van der Waals surface area (Å²) in [5.74, 6) is 0. The quantitative estimate of drug-likeness (QED) is 0.782. The second-order valence-corrected chi connectivity index (χ2v) is 5.93. The number of aliphatic hydroxyl groups is 1. The smallest absolute Gasteiger partial charge is 0.0945 e. The van der Waals surface area contributed by atoms with Crippen LogP contribution < -0.4 is 0 Å². The molecule has 114 valence electrons. The number of rotatable bonds is 8.